The number of ether oxygens (including phenoxy) is 1. The van der Waals surface area contributed by atoms with E-state index in [9.17, 15) is 4.79 Å². The molecule has 2 N–H and O–H groups in total. The third-order valence-electron chi connectivity index (χ3n) is 4.13. The molecule has 0 fully saturated rings. The maximum Gasteiger partial charge on any atom is 0.272 e. The van der Waals surface area contributed by atoms with Crippen molar-refractivity contribution in [3.63, 3.8) is 0 Å². The Bertz CT molecular complexity index is 690. The van der Waals surface area contributed by atoms with Gasteiger partial charge in [0.15, 0.2) is 5.69 Å². The summed E-state index contributed by atoms with van der Waals surface area (Å²) in [5.41, 5.74) is 3.59. The minimum atomic E-state index is -0.116. The van der Waals surface area contributed by atoms with Crippen molar-refractivity contribution in [3.05, 3.63) is 34.9 Å². The Kier molecular flexibility index (Phi) is 4.47. The van der Waals surface area contributed by atoms with E-state index in [2.05, 4.69) is 20.6 Å². The molecule has 1 aliphatic rings. The van der Waals surface area contributed by atoms with Crippen molar-refractivity contribution in [2.45, 2.75) is 45.3 Å². The van der Waals surface area contributed by atoms with Gasteiger partial charge in [0.2, 0.25) is 0 Å². The van der Waals surface area contributed by atoms with E-state index >= 15 is 0 Å². The summed E-state index contributed by atoms with van der Waals surface area (Å²) in [4.78, 5) is 12.4. The van der Waals surface area contributed by atoms with Gasteiger partial charge in [0.1, 0.15) is 0 Å². The number of nitrogens with one attached hydrogen (secondary N) is 2. The van der Waals surface area contributed by atoms with Gasteiger partial charge in [-0.15, -0.1) is 0 Å². The number of aryl methyl sites for hydroxylation is 2. The maximum atomic E-state index is 12.4. The molecular formula is C16H23N5O2. The van der Waals surface area contributed by atoms with Crippen LogP contribution in [0.1, 0.15) is 53.7 Å². The highest BCUT2D eigenvalue weighted by atomic mass is 16.5. The zero-order valence-corrected chi connectivity index (χ0v) is 13.8. The first-order valence-electron chi connectivity index (χ1n) is 8.03. The molecule has 2 aromatic heterocycles. The lowest BCUT2D eigenvalue weighted by atomic mass is 9.99. The van der Waals surface area contributed by atoms with Crippen molar-refractivity contribution in [1.29, 1.82) is 0 Å². The van der Waals surface area contributed by atoms with E-state index in [1.54, 1.807) is 4.68 Å². The zero-order valence-electron chi connectivity index (χ0n) is 13.8. The molecule has 2 aromatic rings. The fraction of sp³-hybridized carbons (Fsp3) is 0.562. The van der Waals surface area contributed by atoms with Crippen LogP contribution in [0.25, 0.3) is 0 Å². The van der Waals surface area contributed by atoms with Crippen LogP contribution in [0, 0.1) is 0 Å². The van der Waals surface area contributed by atoms with Gasteiger partial charge in [-0.25, -0.2) is 0 Å². The molecule has 0 bridgehead atoms. The summed E-state index contributed by atoms with van der Waals surface area (Å²) in [5, 5.41) is 14.2. The standard InChI is InChI=1S/C16H23N5O2/c1-10-7-13-14(11(2)23-10)19-20-15(13)16(22)17-6-4-5-12-8-18-21(3)9-12/h8-11H,4-7H2,1-3H3,(H,17,22)(H,19,20)/t10-,11+/m1/s1. The highest BCUT2D eigenvalue weighted by Gasteiger charge is 2.29. The van der Waals surface area contributed by atoms with Gasteiger partial charge in [-0.05, 0) is 32.3 Å². The monoisotopic (exact) mass is 317 g/mol. The Labute approximate surface area is 135 Å². The molecule has 0 aromatic carbocycles. The Morgan fingerprint density at radius 1 is 1.52 bits per heavy atom. The molecule has 2 atom stereocenters. The molecule has 0 radical (unpaired) electrons. The lowest BCUT2D eigenvalue weighted by molar-refractivity contribution is -0.00697. The van der Waals surface area contributed by atoms with Crippen molar-refractivity contribution in [2.24, 2.45) is 7.05 Å². The average molecular weight is 317 g/mol. The number of amides is 1. The lowest BCUT2D eigenvalue weighted by Gasteiger charge is -2.25. The lowest BCUT2D eigenvalue weighted by Crippen LogP contribution is -2.28. The van der Waals surface area contributed by atoms with Crippen LogP contribution >= 0.6 is 0 Å². The first-order valence-corrected chi connectivity index (χ1v) is 8.03. The molecule has 0 unspecified atom stereocenters. The van der Waals surface area contributed by atoms with Crippen molar-refractivity contribution in [3.8, 4) is 0 Å². The van der Waals surface area contributed by atoms with E-state index in [0.29, 0.717) is 18.7 Å². The molecule has 0 spiro atoms. The summed E-state index contributed by atoms with van der Waals surface area (Å²) in [6.45, 7) is 4.61. The Balaban J connectivity index is 1.55. The number of H-pyrrole nitrogens is 1. The van der Waals surface area contributed by atoms with E-state index < -0.39 is 0 Å². The number of hydrogen-bond donors (Lipinski definition) is 2. The number of nitrogens with zero attached hydrogens (tertiary/aromatic N) is 3. The molecule has 7 heteroatoms. The van der Waals surface area contributed by atoms with Gasteiger partial charge in [0.05, 0.1) is 24.1 Å². The Morgan fingerprint density at radius 3 is 3.09 bits per heavy atom. The van der Waals surface area contributed by atoms with Gasteiger partial charge in [-0.2, -0.15) is 10.2 Å². The molecule has 124 valence electrons. The second-order valence-corrected chi connectivity index (χ2v) is 6.14. The van der Waals surface area contributed by atoms with Gasteiger partial charge in [0, 0.05) is 31.8 Å². The van der Waals surface area contributed by atoms with Crippen LogP contribution in [0.15, 0.2) is 12.4 Å². The molecule has 3 rings (SSSR count). The van der Waals surface area contributed by atoms with Gasteiger partial charge >= 0.3 is 0 Å². The van der Waals surface area contributed by atoms with Gasteiger partial charge in [0.25, 0.3) is 5.91 Å². The van der Waals surface area contributed by atoms with E-state index in [-0.39, 0.29) is 18.1 Å². The van der Waals surface area contributed by atoms with Crippen molar-refractivity contribution >= 4 is 5.91 Å². The number of carbonyl (C=O) groups is 1. The van der Waals surface area contributed by atoms with Crippen LogP contribution in [0.5, 0.6) is 0 Å². The molecule has 0 saturated heterocycles. The van der Waals surface area contributed by atoms with E-state index in [4.69, 9.17) is 4.74 Å². The van der Waals surface area contributed by atoms with Crippen LogP contribution in [0.2, 0.25) is 0 Å². The topological polar surface area (TPSA) is 84.8 Å². The summed E-state index contributed by atoms with van der Waals surface area (Å²) in [7, 11) is 1.90. The molecule has 0 saturated carbocycles. The van der Waals surface area contributed by atoms with Gasteiger partial charge < -0.3 is 10.1 Å². The minimum Gasteiger partial charge on any atom is -0.369 e. The van der Waals surface area contributed by atoms with Crippen LogP contribution in [-0.2, 0) is 24.6 Å². The van der Waals surface area contributed by atoms with Gasteiger partial charge in [-0.1, -0.05) is 0 Å². The molecule has 0 aliphatic carbocycles. The first-order chi connectivity index (χ1) is 11.0. The van der Waals surface area contributed by atoms with Crippen LogP contribution in [0.3, 0.4) is 0 Å². The largest absolute Gasteiger partial charge is 0.369 e. The van der Waals surface area contributed by atoms with Gasteiger partial charge in [-0.3, -0.25) is 14.6 Å². The maximum absolute atomic E-state index is 12.4. The molecule has 3 heterocycles. The smallest absolute Gasteiger partial charge is 0.272 e. The summed E-state index contributed by atoms with van der Waals surface area (Å²) in [6.07, 6.45) is 6.40. The number of fused-ring (bicyclic) bond motifs is 1. The number of aromatic nitrogens is 4. The molecule has 1 amide bonds. The van der Waals surface area contributed by atoms with Crippen LogP contribution in [0.4, 0.5) is 0 Å². The summed E-state index contributed by atoms with van der Waals surface area (Å²) in [5.74, 6) is -0.116. The fourth-order valence-electron chi connectivity index (χ4n) is 3.04. The molecular weight excluding hydrogens is 294 g/mol. The predicted molar refractivity (Wildman–Crippen MR) is 85.1 cm³/mol. The SMILES string of the molecule is C[C@@H]1Cc2c(C(=O)NCCCc3cnn(C)c3)n[nH]c2[C@H](C)O1. The summed E-state index contributed by atoms with van der Waals surface area (Å²) >= 11 is 0. The molecule has 23 heavy (non-hydrogen) atoms. The quantitative estimate of drug-likeness (QED) is 0.819. The average Bonchev–Trinajstić information content (AvgIpc) is 3.09. The molecule has 7 nitrogen and oxygen atoms in total. The summed E-state index contributed by atoms with van der Waals surface area (Å²) < 4.78 is 7.53. The van der Waals surface area contributed by atoms with Crippen LogP contribution in [-0.4, -0.2) is 38.5 Å². The van der Waals surface area contributed by atoms with Crippen molar-refractivity contribution < 1.29 is 9.53 Å². The van der Waals surface area contributed by atoms with Crippen molar-refractivity contribution in [2.75, 3.05) is 6.54 Å². The number of rotatable bonds is 5. The Morgan fingerprint density at radius 2 is 2.35 bits per heavy atom. The number of aromatic amines is 1. The number of hydrogen-bond acceptors (Lipinski definition) is 4. The number of carbonyl (C=O) groups excluding carboxylic acids is 1. The van der Waals surface area contributed by atoms with E-state index in [0.717, 1.165) is 24.1 Å². The Hall–Kier alpha value is -2.15. The van der Waals surface area contributed by atoms with E-state index in [1.807, 2.05) is 33.3 Å². The highest BCUT2D eigenvalue weighted by Crippen LogP contribution is 2.29. The fourth-order valence-corrected chi connectivity index (χ4v) is 3.04. The second kappa shape index (κ2) is 6.54. The zero-order chi connectivity index (χ0) is 16.4. The minimum absolute atomic E-state index is 0.0478. The second-order valence-electron chi connectivity index (χ2n) is 6.14. The highest BCUT2D eigenvalue weighted by molar-refractivity contribution is 5.94. The predicted octanol–water partition coefficient (Wildman–Crippen LogP) is 1.53. The van der Waals surface area contributed by atoms with E-state index in [1.165, 1.54) is 5.56 Å². The first kappa shape index (κ1) is 15.7. The van der Waals surface area contributed by atoms with Crippen LogP contribution < -0.4 is 5.32 Å². The normalized spacial score (nSPS) is 20.3. The third kappa shape index (κ3) is 3.44. The summed E-state index contributed by atoms with van der Waals surface area (Å²) in [6, 6.07) is 0. The van der Waals surface area contributed by atoms with Crippen molar-refractivity contribution in [1.82, 2.24) is 25.3 Å². The molecule has 1 aliphatic heterocycles. The third-order valence-corrected chi connectivity index (χ3v) is 4.13.